The quantitative estimate of drug-likeness (QED) is 0.538. The molecular formula is C26H26FN3O3. The minimum absolute atomic E-state index is 0.135. The van der Waals surface area contributed by atoms with Crippen molar-refractivity contribution in [1.82, 2.24) is 5.32 Å². The number of nitrogens with zero attached hydrogens (tertiary/aromatic N) is 1. The van der Waals surface area contributed by atoms with Crippen LogP contribution < -0.4 is 20.3 Å². The lowest BCUT2D eigenvalue weighted by Crippen LogP contribution is -2.27. The van der Waals surface area contributed by atoms with Gasteiger partial charge in [0, 0.05) is 31.0 Å². The van der Waals surface area contributed by atoms with Crippen LogP contribution in [0.1, 0.15) is 28.8 Å². The van der Waals surface area contributed by atoms with Gasteiger partial charge < -0.3 is 20.3 Å². The summed E-state index contributed by atoms with van der Waals surface area (Å²) in [6.07, 6.45) is 2.15. The molecule has 170 valence electrons. The van der Waals surface area contributed by atoms with E-state index in [9.17, 15) is 14.0 Å². The van der Waals surface area contributed by atoms with Crippen molar-refractivity contribution in [2.24, 2.45) is 0 Å². The number of ether oxygens (including phenoxy) is 1. The van der Waals surface area contributed by atoms with E-state index in [0.29, 0.717) is 17.0 Å². The van der Waals surface area contributed by atoms with Crippen LogP contribution in [0.15, 0.2) is 72.8 Å². The fraction of sp³-hybridized carbons (Fsp3) is 0.231. The Morgan fingerprint density at radius 3 is 2.39 bits per heavy atom. The molecule has 7 heteroatoms. The zero-order valence-electron chi connectivity index (χ0n) is 18.2. The fourth-order valence-electron chi connectivity index (χ4n) is 3.77. The van der Waals surface area contributed by atoms with Gasteiger partial charge in [0.25, 0.3) is 11.8 Å². The van der Waals surface area contributed by atoms with Gasteiger partial charge in [0.15, 0.2) is 6.61 Å². The van der Waals surface area contributed by atoms with Crippen LogP contribution in [-0.4, -0.2) is 31.5 Å². The fourth-order valence-corrected chi connectivity index (χ4v) is 3.77. The van der Waals surface area contributed by atoms with Crippen molar-refractivity contribution < 1.29 is 18.7 Å². The lowest BCUT2D eigenvalue weighted by Gasteiger charge is -2.22. The number of amides is 2. The molecule has 0 atom stereocenters. The number of halogens is 1. The molecule has 0 saturated carbocycles. The summed E-state index contributed by atoms with van der Waals surface area (Å²) in [5, 5.41) is 5.70. The molecule has 0 unspecified atom stereocenters. The first-order valence-electron chi connectivity index (χ1n) is 11.0. The van der Waals surface area contributed by atoms with Crippen molar-refractivity contribution in [3.63, 3.8) is 0 Å². The van der Waals surface area contributed by atoms with Crippen LogP contribution in [0.5, 0.6) is 5.75 Å². The molecule has 0 spiro atoms. The molecule has 1 heterocycles. The Labute approximate surface area is 192 Å². The van der Waals surface area contributed by atoms with Crippen LogP contribution >= 0.6 is 0 Å². The minimum Gasteiger partial charge on any atom is -0.484 e. The van der Waals surface area contributed by atoms with E-state index < -0.39 is 0 Å². The number of anilines is 2. The molecule has 0 bridgehead atoms. The summed E-state index contributed by atoms with van der Waals surface area (Å²) in [6, 6.07) is 20.5. The Morgan fingerprint density at radius 1 is 0.939 bits per heavy atom. The van der Waals surface area contributed by atoms with Crippen LogP contribution in [0.25, 0.3) is 0 Å². The SMILES string of the molecule is O=C(COc1ccccc1)Nc1ccc(N2CCCC2)c(C(=O)NCc2ccc(F)cc2)c1. The standard InChI is InChI=1S/C26H26FN3O3/c27-20-10-8-19(9-11-20)17-28-26(32)23-16-21(12-13-24(23)30-14-4-5-15-30)29-25(31)18-33-22-6-2-1-3-7-22/h1-3,6-13,16H,4-5,14-15,17-18H2,(H,28,32)(H,29,31). The lowest BCUT2D eigenvalue weighted by atomic mass is 10.1. The van der Waals surface area contributed by atoms with Gasteiger partial charge in [0.2, 0.25) is 0 Å². The molecule has 0 aliphatic carbocycles. The third-order valence-corrected chi connectivity index (χ3v) is 5.45. The Kier molecular flexibility index (Phi) is 7.19. The van der Waals surface area contributed by atoms with E-state index in [0.717, 1.165) is 37.2 Å². The highest BCUT2D eigenvalue weighted by molar-refractivity contribution is 6.02. The van der Waals surface area contributed by atoms with E-state index in [1.54, 1.807) is 36.4 Å². The predicted octanol–water partition coefficient (Wildman–Crippen LogP) is 4.37. The van der Waals surface area contributed by atoms with Gasteiger partial charge in [-0.3, -0.25) is 9.59 Å². The number of hydrogen-bond acceptors (Lipinski definition) is 4. The van der Waals surface area contributed by atoms with Crippen molar-refractivity contribution in [2.75, 3.05) is 29.9 Å². The minimum atomic E-state index is -0.318. The predicted molar refractivity (Wildman–Crippen MR) is 126 cm³/mol. The second-order valence-electron chi connectivity index (χ2n) is 7.89. The first-order valence-corrected chi connectivity index (χ1v) is 11.0. The van der Waals surface area contributed by atoms with Crippen LogP contribution in [0.2, 0.25) is 0 Å². The average Bonchev–Trinajstić information content (AvgIpc) is 3.38. The molecule has 1 aliphatic heterocycles. The highest BCUT2D eigenvalue weighted by Gasteiger charge is 2.20. The zero-order chi connectivity index (χ0) is 23.0. The van der Waals surface area contributed by atoms with E-state index >= 15 is 0 Å². The number of carbonyl (C=O) groups excluding carboxylic acids is 2. The Balaban J connectivity index is 1.45. The first-order chi connectivity index (χ1) is 16.1. The molecule has 33 heavy (non-hydrogen) atoms. The summed E-state index contributed by atoms with van der Waals surface area (Å²) in [5.74, 6) is -0.276. The van der Waals surface area contributed by atoms with Crippen LogP contribution in [0.4, 0.5) is 15.8 Å². The number of benzene rings is 3. The maximum Gasteiger partial charge on any atom is 0.262 e. The normalized spacial score (nSPS) is 12.9. The zero-order valence-corrected chi connectivity index (χ0v) is 18.2. The van der Waals surface area contributed by atoms with E-state index in [-0.39, 0.29) is 30.8 Å². The Morgan fingerprint density at radius 2 is 1.67 bits per heavy atom. The molecular weight excluding hydrogens is 421 g/mol. The van der Waals surface area contributed by atoms with E-state index in [4.69, 9.17) is 4.74 Å². The van der Waals surface area contributed by atoms with Gasteiger partial charge in [-0.1, -0.05) is 30.3 Å². The summed E-state index contributed by atoms with van der Waals surface area (Å²) in [7, 11) is 0. The lowest BCUT2D eigenvalue weighted by molar-refractivity contribution is -0.118. The molecule has 2 N–H and O–H groups in total. The summed E-state index contributed by atoms with van der Waals surface area (Å²) >= 11 is 0. The summed E-state index contributed by atoms with van der Waals surface area (Å²) in [4.78, 5) is 27.6. The van der Waals surface area contributed by atoms with E-state index in [1.165, 1.54) is 12.1 Å². The third-order valence-electron chi connectivity index (χ3n) is 5.45. The topological polar surface area (TPSA) is 70.7 Å². The summed E-state index contributed by atoms with van der Waals surface area (Å²) in [6.45, 7) is 1.91. The number of para-hydroxylation sites is 1. The Hall–Kier alpha value is -3.87. The average molecular weight is 448 g/mol. The largest absolute Gasteiger partial charge is 0.484 e. The van der Waals surface area contributed by atoms with E-state index in [1.807, 2.05) is 24.3 Å². The number of nitrogens with one attached hydrogen (secondary N) is 2. The molecule has 6 nitrogen and oxygen atoms in total. The smallest absolute Gasteiger partial charge is 0.262 e. The molecule has 0 radical (unpaired) electrons. The van der Waals surface area contributed by atoms with Gasteiger partial charge in [0.1, 0.15) is 11.6 Å². The van der Waals surface area contributed by atoms with E-state index in [2.05, 4.69) is 15.5 Å². The molecule has 1 fully saturated rings. The van der Waals surface area contributed by atoms with Crippen LogP contribution in [-0.2, 0) is 11.3 Å². The highest BCUT2D eigenvalue weighted by atomic mass is 19.1. The van der Waals surface area contributed by atoms with Gasteiger partial charge in [-0.25, -0.2) is 4.39 Å². The first kappa shape index (κ1) is 22.3. The van der Waals surface area contributed by atoms with Gasteiger partial charge in [-0.15, -0.1) is 0 Å². The molecule has 3 aromatic carbocycles. The monoisotopic (exact) mass is 447 g/mol. The second-order valence-corrected chi connectivity index (χ2v) is 7.89. The van der Waals surface area contributed by atoms with Crippen molar-refractivity contribution in [1.29, 1.82) is 0 Å². The van der Waals surface area contributed by atoms with Gasteiger partial charge in [0.05, 0.1) is 5.56 Å². The Bertz CT molecular complexity index is 1100. The van der Waals surface area contributed by atoms with Crippen LogP contribution in [0, 0.1) is 5.82 Å². The van der Waals surface area contributed by atoms with Gasteiger partial charge in [-0.2, -0.15) is 0 Å². The summed E-state index contributed by atoms with van der Waals surface area (Å²) < 4.78 is 18.6. The van der Waals surface area contributed by atoms with Gasteiger partial charge in [-0.05, 0) is 60.9 Å². The number of carbonyl (C=O) groups is 2. The number of hydrogen-bond donors (Lipinski definition) is 2. The summed E-state index contributed by atoms with van der Waals surface area (Å²) in [5.41, 5.74) is 2.64. The van der Waals surface area contributed by atoms with Crippen molar-refractivity contribution in [3.05, 3.63) is 89.7 Å². The third kappa shape index (κ3) is 6.10. The maximum absolute atomic E-state index is 13.1. The van der Waals surface area contributed by atoms with Gasteiger partial charge >= 0.3 is 0 Å². The molecule has 4 rings (SSSR count). The van der Waals surface area contributed by atoms with Crippen molar-refractivity contribution in [2.45, 2.75) is 19.4 Å². The second kappa shape index (κ2) is 10.6. The van der Waals surface area contributed by atoms with Crippen molar-refractivity contribution in [3.8, 4) is 5.75 Å². The number of rotatable bonds is 8. The molecule has 1 aliphatic rings. The maximum atomic E-state index is 13.1. The highest BCUT2D eigenvalue weighted by Crippen LogP contribution is 2.28. The molecule has 0 aromatic heterocycles. The van der Waals surface area contributed by atoms with Crippen molar-refractivity contribution >= 4 is 23.2 Å². The van der Waals surface area contributed by atoms with Crippen LogP contribution in [0.3, 0.4) is 0 Å². The molecule has 1 saturated heterocycles. The molecule has 2 amide bonds. The molecule has 3 aromatic rings.